The molecule has 2 aliphatic rings. The molecule has 6 heteroatoms. The van der Waals surface area contributed by atoms with Crippen LogP contribution in [0.25, 0.3) is 0 Å². The summed E-state index contributed by atoms with van der Waals surface area (Å²) in [4.78, 5) is 0.366. The topological polar surface area (TPSA) is 67.4 Å². The Labute approximate surface area is 126 Å². The molecule has 1 fully saturated rings. The Kier molecular flexibility index (Phi) is 4.19. The molecule has 1 aromatic rings. The van der Waals surface area contributed by atoms with E-state index in [2.05, 4.69) is 10.0 Å². The summed E-state index contributed by atoms with van der Waals surface area (Å²) in [6.45, 7) is 0.956. The fraction of sp³-hybridized carbons (Fsp3) is 0.600. The van der Waals surface area contributed by atoms with Crippen LogP contribution in [0.5, 0.6) is 0 Å². The fourth-order valence-corrected chi connectivity index (χ4v) is 4.50. The molecule has 1 aliphatic heterocycles. The molecule has 0 saturated heterocycles. The van der Waals surface area contributed by atoms with E-state index in [-0.39, 0.29) is 12.1 Å². The number of benzene rings is 1. The van der Waals surface area contributed by atoms with Crippen LogP contribution in [0, 0.1) is 0 Å². The van der Waals surface area contributed by atoms with Crippen molar-refractivity contribution in [1.82, 2.24) is 4.72 Å². The number of hydrogen-bond donors (Lipinski definition) is 2. The molecule has 21 heavy (non-hydrogen) atoms. The Bertz CT molecular complexity index is 615. The second kappa shape index (κ2) is 5.94. The van der Waals surface area contributed by atoms with Gasteiger partial charge in [-0.15, -0.1) is 0 Å². The van der Waals surface area contributed by atoms with Gasteiger partial charge in [0.2, 0.25) is 10.0 Å². The molecule has 0 bridgehead atoms. The van der Waals surface area contributed by atoms with Gasteiger partial charge in [-0.25, -0.2) is 13.1 Å². The molecule has 5 nitrogen and oxygen atoms in total. The number of methoxy groups -OCH3 is 1. The van der Waals surface area contributed by atoms with E-state index in [1.54, 1.807) is 19.2 Å². The van der Waals surface area contributed by atoms with Crippen molar-refractivity contribution in [1.29, 1.82) is 0 Å². The van der Waals surface area contributed by atoms with Gasteiger partial charge in [-0.2, -0.15) is 0 Å². The number of hydrogen-bond acceptors (Lipinski definition) is 4. The van der Waals surface area contributed by atoms with Gasteiger partial charge in [0.05, 0.1) is 11.0 Å². The highest BCUT2D eigenvalue weighted by Crippen LogP contribution is 2.27. The van der Waals surface area contributed by atoms with Crippen LogP contribution >= 0.6 is 0 Å². The predicted molar refractivity (Wildman–Crippen MR) is 82.0 cm³/mol. The number of rotatable bonds is 4. The van der Waals surface area contributed by atoms with Gasteiger partial charge in [-0.3, -0.25) is 0 Å². The predicted octanol–water partition coefficient (Wildman–Crippen LogP) is 1.89. The number of fused-ring (bicyclic) bond motifs is 1. The number of aryl methyl sites for hydroxylation is 1. The molecule has 0 spiro atoms. The smallest absolute Gasteiger partial charge is 0.240 e. The van der Waals surface area contributed by atoms with E-state index in [1.165, 1.54) is 0 Å². The lowest BCUT2D eigenvalue weighted by molar-refractivity contribution is 0.107. The summed E-state index contributed by atoms with van der Waals surface area (Å²) >= 11 is 0. The highest BCUT2D eigenvalue weighted by Gasteiger charge is 2.29. The summed E-state index contributed by atoms with van der Waals surface area (Å²) in [5.41, 5.74) is 2.14. The first kappa shape index (κ1) is 14.8. The lowest BCUT2D eigenvalue weighted by atomic mass is 10.0. The largest absolute Gasteiger partial charge is 0.385 e. The van der Waals surface area contributed by atoms with Gasteiger partial charge in [0.15, 0.2) is 0 Å². The van der Waals surface area contributed by atoms with Crippen LogP contribution in [0.4, 0.5) is 5.69 Å². The molecule has 0 aromatic heterocycles. The number of sulfonamides is 1. The van der Waals surface area contributed by atoms with Crippen molar-refractivity contribution < 1.29 is 13.2 Å². The quantitative estimate of drug-likeness (QED) is 0.891. The van der Waals surface area contributed by atoms with Crippen molar-refractivity contribution in [2.45, 2.75) is 49.1 Å². The summed E-state index contributed by atoms with van der Waals surface area (Å²) in [5.74, 6) is 0. The van der Waals surface area contributed by atoms with E-state index in [0.29, 0.717) is 4.90 Å². The summed E-state index contributed by atoms with van der Waals surface area (Å²) < 4.78 is 33.1. The van der Waals surface area contributed by atoms with Gasteiger partial charge in [0, 0.05) is 25.4 Å². The third kappa shape index (κ3) is 3.22. The minimum Gasteiger partial charge on any atom is -0.385 e. The Balaban J connectivity index is 1.76. The lowest BCUT2D eigenvalue weighted by Crippen LogP contribution is -2.33. The average molecular weight is 310 g/mol. The standard InChI is InChI=1S/C15H22N2O3S/c1-20-13-5-4-12(10-13)17-21(18,19)14-6-7-15-11(9-14)3-2-8-16-15/h6-7,9,12-13,16-17H,2-5,8,10H2,1H3. The maximum atomic E-state index is 12.5. The molecule has 1 saturated carbocycles. The minimum absolute atomic E-state index is 0.0193. The zero-order valence-electron chi connectivity index (χ0n) is 12.3. The van der Waals surface area contributed by atoms with Crippen LogP contribution in [-0.4, -0.2) is 34.2 Å². The highest BCUT2D eigenvalue weighted by molar-refractivity contribution is 7.89. The van der Waals surface area contributed by atoms with E-state index in [4.69, 9.17) is 4.74 Å². The maximum absolute atomic E-state index is 12.5. The van der Waals surface area contributed by atoms with Gasteiger partial charge < -0.3 is 10.1 Å². The average Bonchev–Trinajstić information content (AvgIpc) is 2.93. The van der Waals surface area contributed by atoms with Crippen LogP contribution in [0.15, 0.2) is 23.1 Å². The van der Waals surface area contributed by atoms with E-state index >= 15 is 0 Å². The van der Waals surface area contributed by atoms with Crippen LogP contribution in [0.2, 0.25) is 0 Å². The molecule has 2 atom stereocenters. The second-order valence-corrected chi connectivity index (χ2v) is 7.55. The monoisotopic (exact) mass is 310 g/mol. The third-order valence-corrected chi connectivity index (χ3v) is 5.88. The molecule has 1 aromatic carbocycles. The Hall–Kier alpha value is -1.11. The lowest BCUT2D eigenvalue weighted by Gasteiger charge is -2.19. The third-order valence-electron chi connectivity index (χ3n) is 4.37. The van der Waals surface area contributed by atoms with E-state index in [9.17, 15) is 8.42 Å². The molecule has 116 valence electrons. The minimum atomic E-state index is -3.44. The molecule has 0 amide bonds. The summed E-state index contributed by atoms with van der Waals surface area (Å²) in [7, 11) is -1.76. The maximum Gasteiger partial charge on any atom is 0.240 e. The zero-order chi connectivity index (χ0) is 14.9. The van der Waals surface area contributed by atoms with Crippen molar-refractivity contribution in [3.63, 3.8) is 0 Å². The molecule has 1 heterocycles. The van der Waals surface area contributed by atoms with Crippen molar-refractivity contribution in [3.05, 3.63) is 23.8 Å². The van der Waals surface area contributed by atoms with E-state index in [1.807, 2.05) is 6.07 Å². The Morgan fingerprint density at radius 1 is 1.33 bits per heavy atom. The van der Waals surface area contributed by atoms with Gasteiger partial charge >= 0.3 is 0 Å². The summed E-state index contributed by atoms with van der Waals surface area (Å²) in [6, 6.07) is 5.33. The van der Waals surface area contributed by atoms with Gasteiger partial charge in [-0.1, -0.05) is 0 Å². The van der Waals surface area contributed by atoms with Crippen LogP contribution in [0.1, 0.15) is 31.2 Å². The van der Waals surface area contributed by atoms with E-state index in [0.717, 1.165) is 49.9 Å². The van der Waals surface area contributed by atoms with Crippen molar-refractivity contribution in [2.24, 2.45) is 0 Å². The Morgan fingerprint density at radius 2 is 2.19 bits per heavy atom. The van der Waals surface area contributed by atoms with E-state index < -0.39 is 10.0 Å². The molecular weight excluding hydrogens is 288 g/mol. The van der Waals surface area contributed by atoms with Crippen molar-refractivity contribution in [2.75, 3.05) is 19.0 Å². The van der Waals surface area contributed by atoms with Crippen LogP contribution in [-0.2, 0) is 21.2 Å². The van der Waals surface area contributed by atoms with Crippen LogP contribution < -0.4 is 10.0 Å². The Morgan fingerprint density at radius 3 is 2.95 bits per heavy atom. The highest BCUT2D eigenvalue weighted by atomic mass is 32.2. The SMILES string of the molecule is COC1CCC(NS(=O)(=O)c2ccc3c(c2)CCCN3)C1. The molecule has 2 N–H and O–H groups in total. The van der Waals surface area contributed by atoms with Crippen molar-refractivity contribution in [3.8, 4) is 0 Å². The van der Waals surface area contributed by atoms with Crippen molar-refractivity contribution >= 4 is 15.7 Å². The summed E-state index contributed by atoms with van der Waals surface area (Å²) in [5, 5.41) is 3.30. The first-order chi connectivity index (χ1) is 10.1. The molecular formula is C15H22N2O3S. The fourth-order valence-electron chi connectivity index (χ4n) is 3.17. The van der Waals surface area contributed by atoms with Gasteiger partial charge in [-0.05, 0) is 55.9 Å². The number of ether oxygens (including phenoxy) is 1. The first-order valence-electron chi connectivity index (χ1n) is 7.50. The van der Waals surface area contributed by atoms with Crippen LogP contribution in [0.3, 0.4) is 0 Å². The zero-order valence-corrected chi connectivity index (χ0v) is 13.1. The van der Waals surface area contributed by atoms with Gasteiger partial charge in [0.25, 0.3) is 0 Å². The normalized spacial score (nSPS) is 25.4. The van der Waals surface area contributed by atoms with Gasteiger partial charge in [0.1, 0.15) is 0 Å². The molecule has 1 aliphatic carbocycles. The number of nitrogens with one attached hydrogen (secondary N) is 2. The molecule has 0 radical (unpaired) electrons. The molecule has 3 rings (SSSR count). The first-order valence-corrected chi connectivity index (χ1v) is 8.99. The second-order valence-electron chi connectivity index (χ2n) is 5.84. The number of anilines is 1. The molecule has 2 unspecified atom stereocenters. The summed E-state index contributed by atoms with van der Waals surface area (Å²) in [6.07, 6.45) is 4.65.